The van der Waals surface area contributed by atoms with Crippen LogP contribution in [0.4, 0.5) is 5.69 Å². The summed E-state index contributed by atoms with van der Waals surface area (Å²) < 4.78 is 1.76. The van der Waals surface area contributed by atoms with Crippen molar-refractivity contribution in [2.45, 2.75) is 18.9 Å². The van der Waals surface area contributed by atoms with Crippen molar-refractivity contribution in [3.63, 3.8) is 0 Å². The van der Waals surface area contributed by atoms with Crippen LogP contribution in [0.3, 0.4) is 0 Å². The quantitative estimate of drug-likeness (QED) is 0.856. The van der Waals surface area contributed by atoms with E-state index < -0.39 is 0 Å². The maximum atomic E-state index is 4.40. The highest BCUT2D eigenvalue weighted by Gasteiger charge is 2.12. The zero-order valence-corrected chi connectivity index (χ0v) is 10.2. The molecule has 2 aromatic heterocycles. The third-order valence-electron chi connectivity index (χ3n) is 3.15. The van der Waals surface area contributed by atoms with Crippen LogP contribution in [-0.4, -0.2) is 33.9 Å². The van der Waals surface area contributed by atoms with Crippen LogP contribution in [-0.2, 0) is 0 Å². The Labute approximate surface area is 106 Å². The van der Waals surface area contributed by atoms with Crippen LogP contribution >= 0.6 is 0 Å². The van der Waals surface area contributed by atoms with E-state index in [0.29, 0.717) is 6.04 Å². The van der Waals surface area contributed by atoms with Gasteiger partial charge in [0.2, 0.25) is 0 Å². The Kier molecular flexibility index (Phi) is 3.23. The zero-order valence-electron chi connectivity index (χ0n) is 10.2. The van der Waals surface area contributed by atoms with E-state index in [-0.39, 0.29) is 0 Å². The van der Waals surface area contributed by atoms with Gasteiger partial charge in [-0.3, -0.25) is 0 Å². The highest BCUT2D eigenvalue weighted by molar-refractivity contribution is 5.44. The van der Waals surface area contributed by atoms with Crippen LogP contribution in [0.25, 0.3) is 5.82 Å². The van der Waals surface area contributed by atoms with E-state index in [0.717, 1.165) is 24.6 Å². The van der Waals surface area contributed by atoms with Crippen molar-refractivity contribution in [3.05, 3.63) is 36.8 Å². The summed E-state index contributed by atoms with van der Waals surface area (Å²) in [5.41, 5.74) is 1.07. The van der Waals surface area contributed by atoms with Crippen molar-refractivity contribution in [2.24, 2.45) is 0 Å². The third-order valence-corrected chi connectivity index (χ3v) is 3.15. The Morgan fingerprint density at radius 3 is 3.06 bits per heavy atom. The van der Waals surface area contributed by atoms with Gasteiger partial charge in [-0.25, -0.2) is 9.67 Å². The summed E-state index contributed by atoms with van der Waals surface area (Å²) in [6, 6.07) is 6.43. The molecule has 0 saturated carbocycles. The molecule has 5 heteroatoms. The largest absolute Gasteiger partial charge is 0.380 e. The summed E-state index contributed by atoms with van der Waals surface area (Å²) in [4.78, 5) is 4.40. The summed E-state index contributed by atoms with van der Waals surface area (Å²) in [5, 5.41) is 11.0. The van der Waals surface area contributed by atoms with E-state index in [2.05, 4.69) is 26.8 Å². The van der Waals surface area contributed by atoms with Gasteiger partial charge in [0.15, 0.2) is 5.82 Å². The van der Waals surface area contributed by atoms with Gasteiger partial charge in [0.1, 0.15) is 0 Å². The van der Waals surface area contributed by atoms with E-state index in [9.17, 15) is 0 Å². The van der Waals surface area contributed by atoms with Crippen molar-refractivity contribution in [3.8, 4) is 5.82 Å². The molecule has 18 heavy (non-hydrogen) atoms. The van der Waals surface area contributed by atoms with Gasteiger partial charge in [0.25, 0.3) is 0 Å². The minimum atomic E-state index is 0.510. The average molecular weight is 243 g/mol. The van der Waals surface area contributed by atoms with Crippen molar-refractivity contribution < 1.29 is 0 Å². The maximum absolute atomic E-state index is 4.40. The van der Waals surface area contributed by atoms with E-state index in [4.69, 9.17) is 0 Å². The second-order valence-electron chi connectivity index (χ2n) is 4.54. The maximum Gasteiger partial charge on any atom is 0.153 e. The van der Waals surface area contributed by atoms with Crippen molar-refractivity contribution in [1.82, 2.24) is 20.1 Å². The summed E-state index contributed by atoms with van der Waals surface area (Å²) in [5.74, 6) is 0.840. The number of anilines is 1. The number of rotatable bonds is 3. The molecule has 2 N–H and O–H groups in total. The average Bonchev–Trinajstić information content (AvgIpc) is 2.95. The fourth-order valence-electron chi connectivity index (χ4n) is 2.22. The van der Waals surface area contributed by atoms with Gasteiger partial charge in [0.05, 0.1) is 11.9 Å². The Morgan fingerprint density at radius 1 is 1.39 bits per heavy atom. The van der Waals surface area contributed by atoms with E-state index in [1.165, 1.54) is 12.8 Å². The first-order chi connectivity index (χ1) is 8.92. The van der Waals surface area contributed by atoms with Crippen LogP contribution in [0.5, 0.6) is 0 Å². The Morgan fingerprint density at radius 2 is 2.39 bits per heavy atom. The molecule has 0 aromatic carbocycles. The van der Waals surface area contributed by atoms with E-state index in [1.54, 1.807) is 10.9 Å². The fraction of sp³-hybridized carbons (Fsp3) is 0.385. The summed E-state index contributed by atoms with van der Waals surface area (Å²) in [6.07, 6.45) is 7.96. The zero-order chi connectivity index (χ0) is 12.2. The number of pyridine rings is 1. The number of nitrogens with one attached hydrogen (secondary N) is 2. The highest BCUT2D eigenvalue weighted by Crippen LogP contribution is 2.13. The van der Waals surface area contributed by atoms with Crippen molar-refractivity contribution >= 4 is 5.69 Å². The summed E-state index contributed by atoms with van der Waals surface area (Å²) in [7, 11) is 0. The fourth-order valence-corrected chi connectivity index (χ4v) is 2.22. The SMILES string of the molecule is c1cnn(-c2ccc(NC3CCCNC3)cn2)c1. The molecule has 0 bridgehead atoms. The van der Waals surface area contributed by atoms with E-state index in [1.807, 2.05) is 24.5 Å². The predicted octanol–water partition coefficient (Wildman–Crippen LogP) is 1.43. The molecule has 1 atom stereocenters. The lowest BCUT2D eigenvalue weighted by Gasteiger charge is -2.24. The van der Waals surface area contributed by atoms with Gasteiger partial charge in [-0.15, -0.1) is 0 Å². The monoisotopic (exact) mass is 243 g/mol. The molecule has 0 spiro atoms. The molecule has 1 fully saturated rings. The Bertz CT molecular complexity index is 471. The third kappa shape index (κ3) is 2.51. The number of hydrogen-bond acceptors (Lipinski definition) is 4. The Hall–Kier alpha value is -1.88. The second kappa shape index (κ2) is 5.18. The van der Waals surface area contributed by atoms with Gasteiger partial charge < -0.3 is 10.6 Å². The van der Waals surface area contributed by atoms with Crippen LogP contribution in [0, 0.1) is 0 Å². The molecule has 1 aliphatic heterocycles. The predicted molar refractivity (Wildman–Crippen MR) is 70.9 cm³/mol. The lowest BCUT2D eigenvalue weighted by Crippen LogP contribution is -2.38. The standard InChI is InChI=1S/C13H17N5/c1-3-11(9-14-6-1)17-12-4-5-13(15-10-12)18-8-2-7-16-18/h2,4-5,7-8,10-11,14,17H,1,3,6,9H2. The molecule has 1 unspecified atom stereocenters. The first kappa shape index (κ1) is 11.2. The van der Waals surface area contributed by atoms with Crippen LogP contribution in [0.1, 0.15) is 12.8 Å². The minimum absolute atomic E-state index is 0.510. The molecule has 2 aromatic rings. The van der Waals surface area contributed by atoms with E-state index >= 15 is 0 Å². The summed E-state index contributed by atoms with van der Waals surface area (Å²) >= 11 is 0. The molecule has 0 radical (unpaired) electrons. The molecular weight excluding hydrogens is 226 g/mol. The molecule has 3 heterocycles. The van der Waals surface area contributed by atoms with Gasteiger partial charge in [-0.1, -0.05) is 0 Å². The second-order valence-corrected chi connectivity index (χ2v) is 4.54. The molecule has 1 saturated heterocycles. The number of piperidine rings is 1. The molecule has 3 rings (SSSR count). The smallest absolute Gasteiger partial charge is 0.153 e. The molecule has 0 amide bonds. The first-order valence-corrected chi connectivity index (χ1v) is 6.35. The molecule has 1 aliphatic rings. The molecule has 0 aliphatic carbocycles. The van der Waals surface area contributed by atoms with Crippen LogP contribution < -0.4 is 10.6 Å². The first-order valence-electron chi connectivity index (χ1n) is 6.35. The van der Waals surface area contributed by atoms with Gasteiger partial charge in [-0.05, 0) is 37.6 Å². The molecule has 5 nitrogen and oxygen atoms in total. The van der Waals surface area contributed by atoms with Gasteiger partial charge in [-0.2, -0.15) is 5.10 Å². The summed E-state index contributed by atoms with van der Waals surface area (Å²) in [6.45, 7) is 2.16. The number of aromatic nitrogens is 3. The normalized spacial score (nSPS) is 19.7. The van der Waals surface area contributed by atoms with Crippen molar-refractivity contribution in [1.29, 1.82) is 0 Å². The molecule has 94 valence electrons. The van der Waals surface area contributed by atoms with Crippen molar-refractivity contribution in [2.75, 3.05) is 18.4 Å². The lowest BCUT2D eigenvalue weighted by molar-refractivity contribution is 0.480. The lowest BCUT2D eigenvalue weighted by atomic mass is 10.1. The number of nitrogens with zero attached hydrogens (tertiary/aromatic N) is 3. The molecular formula is C13H17N5. The number of hydrogen-bond donors (Lipinski definition) is 2. The topological polar surface area (TPSA) is 54.8 Å². The minimum Gasteiger partial charge on any atom is -0.380 e. The van der Waals surface area contributed by atoms with Crippen LogP contribution in [0.15, 0.2) is 36.8 Å². The van der Waals surface area contributed by atoms with Crippen LogP contribution in [0.2, 0.25) is 0 Å². The van der Waals surface area contributed by atoms with Gasteiger partial charge >= 0.3 is 0 Å². The van der Waals surface area contributed by atoms with Gasteiger partial charge in [0, 0.05) is 25.0 Å². The Balaban J connectivity index is 1.67. The highest BCUT2D eigenvalue weighted by atomic mass is 15.3.